The molecule has 2 fully saturated rings. The molecule has 0 unspecified atom stereocenters. The van der Waals surface area contributed by atoms with Crippen LogP contribution in [0.15, 0.2) is 24.3 Å². The first kappa shape index (κ1) is 12.9. The Labute approximate surface area is 115 Å². The van der Waals surface area contributed by atoms with Crippen molar-refractivity contribution in [1.29, 1.82) is 0 Å². The molecular formula is C16H23NO2. The van der Waals surface area contributed by atoms with E-state index in [4.69, 9.17) is 9.47 Å². The highest BCUT2D eigenvalue weighted by molar-refractivity contribution is 5.53. The number of para-hydroxylation sites is 1. The zero-order valence-electron chi connectivity index (χ0n) is 11.8. The largest absolute Gasteiger partial charge is 0.371 e. The first-order valence-electron chi connectivity index (χ1n) is 7.34. The molecule has 2 heterocycles. The highest BCUT2D eigenvalue weighted by Crippen LogP contribution is 2.31. The van der Waals surface area contributed by atoms with E-state index in [1.54, 1.807) is 0 Å². The van der Waals surface area contributed by atoms with Crippen molar-refractivity contribution >= 4 is 5.69 Å². The Balaban J connectivity index is 1.51. The molecule has 3 heteroatoms. The third-order valence-corrected chi connectivity index (χ3v) is 4.28. The fraction of sp³-hybridized carbons (Fsp3) is 0.625. The molecule has 1 aromatic rings. The van der Waals surface area contributed by atoms with Crippen molar-refractivity contribution in [3.63, 3.8) is 0 Å². The van der Waals surface area contributed by atoms with Crippen LogP contribution in [0.25, 0.3) is 0 Å². The SMILES string of the molecule is Cc1ccccc1N1CCC(CC2OC(C)O2)CC1. The summed E-state index contributed by atoms with van der Waals surface area (Å²) < 4.78 is 11.1. The summed E-state index contributed by atoms with van der Waals surface area (Å²) in [4.78, 5) is 2.51. The number of hydrogen-bond acceptors (Lipinski definition) is 3. The molecule has 2 aliphatic heterocycles. The summed E-state index contributed by atoms with van der Waals surface area (Å²) >= 11 is 0. The van der Waals surface area contributed by atoms with Crippen LogP contribution in [0.2, 0.25) is 0 Å². The summed E-state index contributed by atoms with van der Waals surface area (Å²) in [6.45, 7) is 6.45. The number of rotatable bonds is 3. The summed E-state index contributed by atoms with van der Waals surface area (Å²) in [5.41, 5.74) is 2.77. The average molecular weight is 261 g/mol. The van der Waals surface area contributed by atoms with Crippen LogP contribution in [0.4, 0.5) is 5.69 Å². The van der Waals surface area contributed by atoms with Gasteiger partial charge in [-0.2, -0.15) is 0 Å². The maximum atomic E-state index is 5.54. The predicted octanol–water partition coefficient (Wildman–Crippen LogP) is 3.32. The lowest BCUT2D eigenvalue weighted by molar-refractivity contribution is -0.380. The van der Waals surface area contributed by atoms with Crippen LogP contribution in [0.1, 0.15) is 31.7 Å². The van der Waals surface area contributed by atoms with Crippen molar-refractivity contribution < 1.29 is 9.47 Å². The summed E-state index contributed by atoms with van der Waals surface area (Å²) in [6, 6.07) is 8.66. The van der Waals surface area contributed by atoms with E-state index in [0.29, 0.717) is 0 Å². The third-order valence-electron chi connectivity index (χ3n) is 4.28. The molecule has 0 N–H and O–H groups in total. The number of ether oxygens (including phenoxy) is 2. The zero-order valence-corrected chi connectivity index (χ0v) is 11.8. The van der Waals surface area contributed by atoms with Gasteiger partial charge in [0, 0.05) is 25.2 Å². The Kier molecular flexibility index (Phi) is 3.76. The molecule has 0 amide bonds. The highest BCUT2D eigenvalue weighted by atomic mass is 16.9. The van der Waals surface area contributed by atoms with Gasteiger partial charge < -0.3 is 14.4 Å². The predicted molar refractivity (Wildman–Crippen MR) is 76.2 cm³/mol. The van der Waals surface area contributed by atoms with E-state index in [1.807, 2.05) is 6.92 Å². The van der Waals surface area contributed by atoms with Gasteiger partial charge in [-0.15, -0.1) is 0 Å². The second-order valence-electron chi connectivity index (χ2n) is 5.72. The lowest BCUT2D eigenvalue weighted by Crippen LogP contribution is -2.42. The summed E-state index contributed by atoms with van der Waals surface area (Å²) in [7, 11) is 0. The fourth-order valence-electron chi connectivity index (χ4n) is 3.15. The van der Waals surface area contributed by atoms with Gasteiger partial charge in [0.1, 0.15) is 0 Å². The van der Waals surface area contributed by atoms with Crippen molar-refractivity contribution in [3.8, 4) is 0 Å². The Morgan fingerprint density at radius 3 is 2.47 bits per heavy atom. The van der Waals surface area contributed by atoms with Crippen molar-refractivity contribution in [2.75, 3.05) is 18.0 Å². The molecule has 1 aromatic carbocycles. The zero-order chi connectivity index (χ0) is 13.2. The van der Waals surface area contributed by atoms with E-state index in [1.165, 1.54) is 24.1 Å². The van der Waals surface area contributed by atoms with Gasteiger partial charge in [-0.25, -0.2) is 0 Å². The van der Waals surface area contributed by atoms with Crippen LogP contribution < -0.4 is 4.90 Å². The van der Waals surface area contributed by atoms with Crippen LogP contribution in [-0.2, 0) is 9.47 Å². The summed E-state index contributed by atoms with van der Waals surface area (Å²) in [5, 5.41) is 0. The topological polar surface area (TPSA) is 21.7 Å². The maximum absolute atomic E-state index is 5.54. The van der Waals surface area contributed by atoms with Gasteiger partial charge in [0.25, 0.3) is 0 Å². The maximum Gasteiger partial charge on any atom is 0.164 e. The fourth-order valence-corrected chi connectivity index (χ4v) is 3.15. The second kappa shape index (κ2) is 5.51. The monoisotopic (exact) mass is 261 g/mol. The Morgan fingerprint density at radius 1 is 1.16 bits per heavy atom. The van der Waals surface area contributed by atoms with E-state index >= 15 is 0 Å². The number of hydrogen-bond donors (Lipinski definition) is 0. The van der Waals surface area contributed by atoms with Gasteiger partial charge in [-0.05, 0) is 44.2 Å². The molecule has 2 aliphatic rings. The number of aryl methyl sites for hydroxylation is 1. The van der Waals surface area contributed by atoms with Crippen LogP contribution in [0, 0.1) is 12.8 Å². The molecule has 0 radical (unpaired) electrons. The van der Waals surface area contributed by atoms with E-state index in [9.17, 15) is 0 Å². The Morgan fingerprint density at radius 2 is 1.84 bits per heavy atom. The van der Waals surface area contributed by atoms with Gasteiger partial charge in [-0.3, -0.25) is 0 Å². The molecule has 0 bridgehead atoms. The van der Waals surface area contributed by atoms with Gasteiger partial charge in [0.2, 0.25) is 0 Å². The molecule has 3 rings (SSSR count). The number of benzene rings is 1. The molecule has 0 atom stereocenters. The van der Waals surface area contributed by atoms with Crippen molar-refractivity contribution in [1.82, 2.24) is 0 Å². The molecule has 3 nitrogen and oxygen atoms in total. The van der Waals surface area contributed by atoms with Crippen LogP contribution >= 0.6 is 0 Å². The molecule has 0 aliphatic carbocycles. The quantitative estimate of drug-likeness (QED) is 0.833. The van der Waals surface area contributed by atoms with Crippen LogP contribution in [-0.4, -0.2) is 25.7 Å². The minimum Gasteiger partial charge on any atom is -0.371 e. The van der Waals surface area contributed by atoms with E-state index in [2.05, 4.69) is 36.1 Å². The number of anilines is 1. The van der Waals surface area contributed by atoms with Gasteiger partial charge in [0.15, 0.2) is 12.6 Å². The standard InChI is InChI=1S/C16H23NO2/c1-12-5-3-4-6-15(12)17-9-7-14(8-10-17)11-16-18-13(2)19-16/h3-6,13-14,16H,7-11H2,1-2H3. The first-order chi connectivity index (χ1) is 9.22. The molecule has 19 heavy (non-hydrogen) atoms. The van der Waals surface area contributed by atoms with Crippen LogP contribution in [0.3, 0.4) is 0 Å². The van der Waals surface area contributed by atoms with Gasteiger partial charge >= 0.3 is 0 Å². The van der Waals surface area contributed by atoms with Crippen molar-refractivity contribution in [2.24, 2.45) is 5.92 Å². The molecule has 0 aromatic heterocycles. The normalized spacial score (nSPS) is 28.2. The summed E-state index contributed by atoms with van der Waals surface area (Å²) in [6.07, 6.45) is 3.62. The van der Waals surface area contributed by atoms with E-state index < -0.39 is 0 Å². The lowest BCUT2D eigenvalue weighted by Gasteiger charge is -2.39. The molecule has 0 saturated carbocycles. The smallest absolute Gasteiger partial charge is 0.164 e. The van der Waals surface area contributed by atoms with Gasteiger partial charge in [0.05, 0.1) is 0 Å². The number of piperidine rings is 1. The molecular weight excluding hydrogens is 238 g/mol. The Hall–Kier alpha value is -1.06. The van der Waals surface area contributed by atoms with E-state index in [0.717, 1.165) is 25.4 Å². The highest BCUT2D eigenvalue weighted by Gasteiger charge is 2.31. The summed E-state index contributed by atoms with van der Waals surface area (Å²) in [5.74, 6) is 0.748. The molecule has 104 valence electrons. The van der Waals surface area contributed by atoms with Crippen LogP contribution in [0.5, 0.6) is 0 Å². The first-order valence-corrected chi connectivity index (χ1v) is 7.34. The van der Waals surface area contributed by atoms with Crippen molar-refractivity contribution in [3.05, 3.63) is 29.8 Å². The third kappa shape index (κ3) is 2.93. The van der Waals surface area contributed by atoms with Crippen molar-refractivity contribution in [2.45, 2.75) is 45.7 Å². The lowest BCUT2D eigenvalue weighted by atomic mass is 9.92. The second-order valence-corrected chi connectivity index (χ2v) is 5.72. The molecule has 2 saturated heterocycles. The minimum atomic E-state index is 0.0112. The average Bonchev–Trinajstić information content (AvgIpc) is 2.39. The minimum absolute atomic E-state index is 0.0112. The number of nitrogens with zero attached hydrogens (tertiary/aromatic N) is 1. The van der Waals surface area contributed by atoms with Gasteiger partial charge in [-0.1, -0.05) is 18.2 Å². The van der Waals surface area contributed by atoms with E-state index in [-0.39, 0.29) is 12.6 Å². The Bertz CT molecular complexity index is 421. The molecule has 0 spiro atoms.